The van der Waals surface area contributed by atoms with Crippen molar-refractivity contribution < 1.29 is 4.79 Å². The first-order valence-corrected chi connectivity index (χ1v) is 9.64. The van der Waals surface area contributed by atoms with Gasteiger partial charge < -0.3 is 15.1 Å². The number of anilines is 3. The van der Waals surface area contributed by atoms with E-state index in [1.165, 1.54) is 0 Å². The summed E-state index contributed by atoms with van der Waals surface area (Å²) in [6.45, 7) is 2.67. The highest BCUT2D eigenvalue weighted by molar-refractivity contribution is 9.10. The monoisotopic (exact) mass is 439 g/mol. The van der Waals surface area contributed by atoms with Crippen LogP contribution in [0.25, 0.3) is 0 Å². The fourth-order valence-electron chi connectivity index (χ4n) is 3.00. The van der Waals surface area contributed by atoms with Gasteiger partial charge in [-0.05, 0) is 46.3 Å². The summed E-state index contributed by atoms with van der Waals surface area (Å²) >= 11 is 3.36. The van der Waals surface area contributed by atoms with Gasteiger partial charge in [-0.3, -0.25) is 14.8 Å². The Hall–Kier alpha value is -3.07. The van der Waals surface area contributed by atoms with Crippen LogP contribution in [0.5, 0.6) is 0 Å². The number of nitrogens with one attached hydrogen (secondary N) is 1. The van der Waals surface area contributed by atoms with Crippen LogP contribution in [0.3, 0.4) is 0 Å². The second-order valence-corrected chi connectivity index (χ2v) is 7.23. The molecule has 28 heavy (non-hydrogen) atoms. The lowest BCUT2D eigenvalue weighted by atomic mass is 10.2. The van der Waals surface area contributed by atoms with E-state index < -0.39 is 0 Å². The molecule has 1 fully saturated rings. The van der Waals surface area contributed by atoms with Gasteiger partial charge in [0, 0.05) is 49.2 Å². The van der Waals surface area contributed by atoms with Crippen molar-refractivity contribution in [2.75, 3.05) is 36.4 Å². The molecule has 0 bridgehead atoms. The van der Waals surface area contributed by atoms with E-state index in [0.717, 1.165) is 16.0 Å². The summed E-state index contributed by atoms with van der Waals surface area (Å²) in [7, 11) is 0. The third-order valence-corrected chi connectivity index (χ3v) is 4.86. The second-order valence-electron chi connectivity index (χ2n) is 6.31. The molecule has 3 aromatic heterocycles. The Morgan fingerprint density at radius 2 is 1.86 bits per heavy atom. The highest BCUT2D eigenvalue weighted by atomic mass is 79.9. The SMILES string of the molecule is O=C(c1cncc(Br)c1)N1CCN(c2ccc(Nc3cccnc3)nn2)CC1. The molecule has 0 aliphatic carbocycles. The number of amides is 1. The minimum Gasteiger partial charge on any atom is -0.352 e. The van der Waals surface area contributed by atoms with Crippen LogP contribution in [-0.2, 0) is 0 Å². The van der Waals surface area contributed by atoms with Crippen molar-refractivity contribution in [1.29, 1.82) is 0 Å². The number of piperazine rings is 1. The smallest absolute Gasteiger partial charge is 0.255 e. The highest BCUT2D eigenvalue weighted by Gasteiger charge is 2.23. The van der Waals surface area contributed by atoms with Gasteiger partial charge in [-0.15, -0.1) is 10.2 Å². The predicted molar refractivity (Wildman–Crippen MR) is 110 cm³/mol. The Bertz CT molecular complexity index is 944. The van der Waals surface area contributed by atoms with Gasteiger partial charge in [0.1, 0.15) is 0 Å². The van der Waals surface area contributed by atoms with Gasteiger partial charge in [0.2, 0.25) is 0 Å². The first kappa shape index (κ1) is 18.3. The Kier molecular flexibility index (Phi) is 5.43. The number of halogens is 1. The fraction of sp³-hybridized carbons (Fsp3) is 0.211. The van der Waals surface area contributed by atoms with Crippen molar-refractivity contribution in [1.82, 2.24) is 25.1 Å². The van der Waals surface area contributed by atoms with Crippen LogP contribution in [-0.4, -0.2) is 57.2 Å². The van der Waals surface area contributed by atoms with Crippen molar-refractivity contribution in [3.8, 4) is 0 Å². The molecule has 142 valence electrons. The van der Waals surface area contributed by atoms with Crippen LogP contribution >= 0.6 is 15.9 Å². The van der Waals surface area contributed by atoms with Crippen LogP contribution < -0.4 is 10.2 Å². The van der Waals surface area contributed by atoms with Crippen molar-refractivity contribution in [2.45, 2.75) is 0 Å². The number of carbonyl (C=O) groups excluding carboxylic acids is 1. The molecule has 0 aromatic carbocycles. The number of hydrogen-bond donors (Lipinski definition) is 1. The first-order chi connectivity index (χ1) is 13.7. The van der Waals surface area contributed by atoms with Crippen molar-refractivity contribution in [2.24, 2.45) is 0 Å². The van der Waals surface area contributed by atoms with Gasteiger partial charge in [-0.25, -0.2) is 0 Å². The summed E-state index contributed by atoms with van der Waals surface area (Å²) in [5, 5.41) is 11.7. The quantitative estimate of drug-likeness (QED) is 0.668. The zero-order valence-corrected chi connectivity index (χ0v) is 16.6. The van der Waals surface area contributed by atoms with Crippen LogP contribution in [0.4, 0.5) is 17.3 Å². The number of rotatable bonds is 4. The number of hydrogen-bond acceptors (Lipinski definition) is 7. The summed E-state index contributed by atoms with van der Waals surface area (Å²) in [5.74, 6) is 1.45. The predicted octanol–water partition coefficient (Wildman–Crippen LogP) is 2.74. The molecule has 8 nitrogen and oxygen atoms in total. The number of pyridine rings is 2. The van der Waals surface area contributed by atoms with E-state index in [9.17, 15) is 4.79 Å². The van der Waals surface area contributed by atoms with Gasteiger partial charge in [-0.1, -0.05) is 0 Å². The van der Waals surface area contributed by atoms with Gasteiger partial charge in [0.05, 0.1) is 17.4 Å². The van der Waals surface area contributed by atoms with E-state index in [0.29, 0.717) is 37.6 Å². The summed E-state index contributed by atoms with van der Waals surface area (Å²) in [5.41, 5.74) is 1.45. The average molecular weight is 440 g/mol. The molecule has 0 atom stereocenters. The maximum Gasteiger partial charge on any atom is 0.255 e. The molecule has 3 aromatic rings. The maximum absolute atomic E-state index is 12.6. The largest absolute Gasteiger partial charge is 0.352 e. The Morgan fingerprint density at radius 3 is 2.54 bits per heavy atom. The molecule has 0 saturated carbocycles. The first-order valence-electron chi connectivity index (χ1n) is 8.84. The molecular weight excluding hydrogens is 422 g/mol. The zero-order chi connectivity index (χ0) is 19.3. The summed E-state index contributed by atoms with van der Waals surface area (Å²) in [4.78, 5) is 24.7. The molecule has 9 heteroatoms. The lowest BCUT2D eigenvalue weighted by Gasteiger charge is -2.35. The van der Waals surface area contributed by atoms with Crippen molar-refractivity contribution >= 4 is 39.2 Å². The van der Waals surface area contributed by atoms with E-state index in [1.807, 2.05) is 29.2 Å². The molecule has 4 rings (SSSR count). The van der Waals surface area contributed by atoms with Crippen LogP contribution in [0, 0.1) is 0 Å². The average Bonchev–Trinajstić information content (AvgIpc) is 2.75. The maximum atomic E-state index is 12.6. The Balaban J connectivity index is 1.35. The van der Waals surface area contributed by atoms with Crippen LogP contribution in [0.1, 0.15) is 10.4 Å². The third kappa shape index (κ3) is 4.25. The van der Waals surface area contributed by atoms with Crippen molar-refractivity contribution in [3.63, 3.8) is 0 Å². The highest BCUT2D eigenvalue weighted by Crippen LogP contribution is 2.18. The molecule has 1 aliphatic rings. The standard InChI is InChI=1S/C19H18BrN7O/c20-15-10-14(11-22-12-15)19(28)27-8-6-26(7-9-27)18-4-3-17(24-25-18)23-16-2-1-5-21-13-16/h1-5,10-13H,6-9H2,(H,23,24). The molecule has 1 aliphatic heterocycles. The van der Waals surface area contributed by atoms with Gasteiger partial charge in [-0.2, -0.15) is 0 Å². The molecular formula is C19H18BrN7O. The van der Waals surface area contributed by atoms with E-state index in [4.69, 9.17) is 0 Å². The lowest BCUT2D eigenvalue weighted by Crippen LogP contribution is -2.49. The minimum atomic E-state index is -0.00412. The minimum absolute atomic E-state index is 0.00412. The molecule has 1 saturated heterocycles. The van der Waals surface area contributed by atoms with Gasteiger partial charge >= 0.3 is 0 Å². The second kappa shape index (κ2) is 8.30. The summed E-state index contributed by atoms with van der Waals surface area (Å²) in [6.07, 6.45) is 6.71. The molecule has 1 N–H and O–H groups in total. The number of aromatic nitrogens is 4. The van der Waals surface area contributed by atoms with Gasteiger partial charge in [0.15, 0.2) is 11.6 Å². The normalized spacial score (nSPS) is 14.0. The van der Waals surface area contributed by atoms with E-state index in [2.05, 4.69) is 46.3 Å². The fourth-order valence-corrected chi connectivity index (χ4v) is 3.36. The number of carbonyl (C=O) groups is 1. The Labute approximate surface area is 170 Å². The van der Waals surface area contributed by atoms with Gasteiger partial charge in [0.25, 0.3) is 5.91 Å². The summed E-state index contributed by atoms with van der Waals surface area (Å²) in [6, 6.07) is 9.39. The Morgan fingerprint density at radius 1 is 1.00 bits per heavy atom. The lowest BCUT2D eigenvalue weighted by molar-refractivity contribution is 0.0746. The van der Waals surface area contributed by atoms with E-state index in [1.54, 1.807) is 30.9 Å². The van der Waals surface area contributed by atoms with Crippen LogP contribution in [0.2, 0.25) is 0 Å². The van der Waals surface area contributed by atoms with Crippen LogP contribution in [0.15, 0.2) is 59.6 Å². The van der Waals surface area contributed by atoms with Crippen molar-refractivity contribution in [3.05, 3.63) is 65.2 Å². The number of nitrogens with zero attached hydrogens (tertiary/aromatic N) is 6. The zero-order valence-electron chi connectivity index (χ0n) is 15.0. The third-order valence-electron chi connectivity index (χ3n) is 4.43. The summed E-state index contributed by atoms with van der Waals surface area (Å²) < 4.78 is 0.798. The van der Waals surface area contributed by atoms with E-state index in [-0.39, 0.29) is 5.91 Å². The molecule has 0 spiro atoms. The molecule has 1 amide bonds. The molecule has 0 unspecified atom stereocenters. The molecule has 0 radical (unpaired) electrons. The molecule has 4 heterocycles. The topological polar surface area (TPSA) is 87.1 Å². The van der Waals surface area contributed by atoms with E-state index >= 15 is 0 Å².